The van der Waals surface area contributed by atoms with E-state index < -0.39 is 0 Å². The van der Waals surface area contributed by atoms with Gasteiger partial charge in [-0.1, -0.05) is 90.9 Å². The minimum atomic E-state index is -0.0291. The summed E-state index contributed by atoms with van der Waals surface area (Å²) >= 11 is 1.54. The Hall–Kier alpha value is -0.380. The summed E-state index contributed by atoms with van der Waals surface area (Å²) in [6, 6.07) is -0.0291. The van der Waals surface area contributed by atoms with Crippen LogP contribution in [0.4, 0.5) is 4.79 Å². The molecule has 0 aliphatic rings. The lowest BCUT2D eigenvalue weighted by Gasteiger charge is -2.06. The summed E-state index contributed by atoms with van der Waals surface area (Å²) in [4.78, 5) is 11.5. The molecule has 23 heavy (non-hydrogen) atoms. The third-order valence-electron chi connectivity index (χ3n) is 4.08. The molecule has 2 N–H and O–H groups in total. The molecule has 0 fully saturated rings. The van der Waals surface area contributed by atoms with Gasteiger partial charge in [-0.2, -0.15) is 0 Å². The van der Waals surface area contributed by atoms with Crippen molar-refractivity contribution in [1.29, 1.82) is 0 Å². The van der Waals surface area contributed by atoms with Gasteiger partial charge in [0.15, 0.2) is 0 Å². The second-order valence-corrected chi connectivity index (χ2v) is 7.35. The minimum absolute atomic E-state index is 0.0291. The molecule has 4 heteroatoms. The van der Waals surface area contributed by atoms with Crippen LogP contribution in [0, 0.1) is 0 Å². The van der Waals surface area contributed by atoms with E-state index in [0.29, 0.717) is 0 Å². The van der Waals surface area contributed by atoms with Gasteiger partial charge in [-0.15, -0.1) is 0 Å². The number of carbonyl (C=O) groups is 1. The molecule has 0 radical (unpaired) electrons. The molecule has 0 atom stereocenters. The topological polar surface area (TPSA) is 41.1 Å². The highest BCUT2D eigenvalue weighted by molar-refractivity contribution is 7.97. The summed E-state index contributed by atoms with van der Waals surface area (Å²) in [5, 5.41) is 2.91. The van der Waals surface area contributed by atoms with Gasteiger partial charge in [0.1, 0.15) is 0 Å². The summed E-state index contributed by atoms with van der Waals surface area (Å²) in [5.41, 5.74) is 0. The Morgan fingerprint density at radius 3 is 1.74 bits per heavy atom. The fourth-order valence-corrected chi connectivity index (χ4v) is 3.22. The molecule has 0 aromatic rings. The molecule has 0 saturated carbocycles. The average molecular weight is 345 g/mol. The van der Waals surface area contributed by atoms with E-state index in [4.69, 9.17) is 0 Å². The summed E-state index contributed by atoms with van der Waals surface area (Å²) in [6.45, 7) is 5.26. The van der Waals surface area contributed by atoms with Crippen LogP contribution in [0.25, 0.3) is 0 Å². The van der Waals surface area contributed by atoms with Crippen LogP contribution in [0.3, 0.4) is 0 Å². The lowest BCUT2D eigenvalue weighted by atomic mass is 10.1. The maximum atomic E-state index is 11.5. The molecule has 2 amide bonds. The van der Waals surface area contributed by atoms with Crippen LogP contribution >= 0.6 is 11.9 Å². The molecule has 0 aromatic heterocycles. The molecular formula is C19H40N2OS. The second-order valence-electron chi connectivity index (χ2n) is 6.45. The fourth-order valence-electron chi connectivity index (χ4n) is 2.57. The van der Waals surface area contributed by atoms with Crippen LogP contribution < -0.4 is 10.0 Å². The van der Waals surface area contributed by atoms with Crippen LogP contribution in [-0.4, -0.2) is 18.3 Å². The maximum Gasteiger partial charge on any atom is 0.324 e. The van der Waals surface area contributed by atoms with Crippen molar-refractivity contribution in [2.45, 2.75) is 104 Å². The molecule has 3 nitrogen and oxygen atoms in total. The first-order valence-electron chi connectivity index (χ1n) is 9.96. The summed E-state index contributed by atoms with van der Waals surface area (Å²) in [7, 11) is 0. The van der Waals surface area contributed by atoms with E-state index in [1.54, 1.807) is 11.9 Å². The smallest absolute Gasteiger partial charge is 0.324 e. The molecule has 0 saturated heterocycles. The Balaban J connectivity index is 3.10. The number of nitrogens with one attached hydrogen (secondary N) is 2. The molecule has 0 aromatic carbocycles. The Bertz CT molecular complexity index is 250. The average Bonchev–Trinajstić information content (AvgIpc) is 2.55. The number of rotatable bonds is 17. The SMILES string of the molecule is CCCCCCCCCCCCSNC(=O)NCCCCCC. The van der Waals surface area contributed by atoms with Crippen LogP contribution in [0.5, 0.6) is 0 Å². The Morgan fingerprint density at radius 2 is 1.17 bits per heavy atom. The van der Waals surface area contributed by atoms with Crippen LogP contribution in [-0.2, 0) is 0 Å². The van der Waals surface area contributed by atoms with Gasteiger partial charge >= 0.3 is 6.03 Å². The number of carbonyl (C=O) groups excluding carboxylic acids is 1. The van der Waals surface area contributed by atoms with E-state index >= 15 is 0 Å². The summed E-state index contributed by atoms with van der Waals surface area (Å²) in [5.74, 6) is 1.03. The molecule has 0 spiro atoms. The highest BCUT2D eigenvalue weighted by Crippen LogP contribution is 2.11. The van der Waals surface area contributed by atoms with Gasteiger partial charge < -0.3 is 5.32 Å². The quantitative estimate of drug-likeness (QED) is 0.235. The molecular weight excluding hydrogens is 304 g/mol. The van der Waals surface area contributed by atoms with Crippen molar-refractivity contribution in [3.05, 3.63) is 0 Å². The van der Waals surface area contributed by atoms with Gasteiger partial charge in [0.2, 0.25) is 0 Å². The van der Waals surface area contributed by atoms with Crippen molar-refractivity contribution in [3.63, 3.8) is 0 Å². The van der Waals surface area contributed by atoms with Crippen molar-refractivity contribution >= 4 is 18.0 Å². The van der Waals surface area contributed by atoms with E-state index in [9.17, 15) is 4.79 Å². The largest absolute Gasteiger partial charge is 0.337 e. The predicted octanol–water partition coefficient (Wildman–Crippen LogP) is 6.44. The van der Waals surface area contributed by atoms with Gasteiger partial charge in [-0.3, -0.25) is 4.72 Å². The van der Waals surface area contributed by atoms with E-state index in [1.807, 2.05) is 0 Å². The zero-order valence-corrected chi connectivity index (χ0v) is 16.4. The molecule has 0 bridgehead atoms. The molecule has 0 unspecified atom stereocenters. The maximum absolute atomic E-state index is 11.5. The number of amides is 2. The summed E-state index contributed by atoms with van der Waals surface area (Å²) < 4.78 is 2.87. The third kappa shape index (κ3) is 19.6. The summed E-state index contributed by atoms with van der Waals surface area (Å²) in [6.07, 6.45) is 18.4. The Labute approximate surface area is 149 Å². The highest BCUT2D eigenvalue weighted by atomic mass is 32.2. The zero-order chi connectivity index (χ0) is 17.0. The molecule has 138 valence electrons. The lowest BCUT2D eigenvalue weighted by Crippen LogP contribution is -2.32. The van der Waals surface area contributed by atoms with Crippen molar-refractivity contribution in [2.75, 3.05) is 12.3 Å². The van der Waals surface area contributed by atoms with Crippen molar-refractivity contribution in [2.24, 2.45) is 0 Å². The van der Waals surface area contributed by atoms with Gasteiger partial charge in [0, 0.05) is 12.3 Å². The van der Waals surface area contributed by atoms with Crippen molar-refractivity contribution in [3.8, 4) is 0 Å². The molecule has 0 heterocycles. The first kappa shape index (κ1) is 22.6. The first-order valence-corrected chi connectivity index (χ1v) is 11.0. The van der Waals surface area contributed by atoms with Crippen molar-refractivity contribution < 1.29 is 4.79 Å². The highest BCUT2D eigenvalue weighted by Gasteiger charge is 1.99. The Kier molecular flexibility index (Phi) is 19.3. The predicted molar refractivity (Wildman–Crippen MR) is 105 cm³/mol. The standard InChI is InChI=1S/C19H40N2OS/c1-3-5-7-9-10-11-12-13-14-16-18-23-21-19(22)20-17-15-8-6-4-2/h3-18H2,1-2H3,(H2,20,21,22). The van der Waals surface area contributed by atoms with E-state index in [2.05, 4.69) is 23.9 Å². The van der Waals surface area contributed by atoms with E-state index in [1.165, 1.54) is 83.5 Å². The number of urea groups is 1. The zero-order valence-electron chi connectivity index (χ0n) is 15.6. The number of hydrogen-bond donors (Lipinski definition) is 2. The monoisotopic (exact) mass is 344 g/mol. The van der Waals surface area contributed by atoms with Gasteiger partial charge in [-0.05, 0) is 24.8 Å². The van der Waals surface area contributed by atoms with Crippen molar-refractivity contribution in [1.82, 2.24) is 10.0 Å². The van der Waals surface area contributed by atoms with E-state index in [-0.39, 0.29) is 6.03 Å². The van der Waals surface area contributed by atoms with E-state index in [0.717, 1.165) is 18.7 Å². The second kappa shape index (κ2) is 19.7. The lowest BCUT2D eigenvalue weighted by molar-refractivity contribution is 0.246. The fraction of sp³-hybridized carbons (Fsp3) is 0.947. The first-order chi connectivity index (χ1) is 11.3. The Morgan fingerprint density at radius 1 is 0.696 bits per heavy atom. The third-order valence-corrected chi connectivity index (χ3v) is 4.90. The van der Waals surface area contributed by atoms with Gasteiger partial charge in [0.25, 0.3) is 0 Å². The van der Waals surface area contributed by atoms with Crippen LogP contribution in [0.2, 0.25) is 0 Å². The van der Waals surface area contributed by atoms with Gasteiger partial charge in [0.05, 0.1) is 0 Å². The molecule has 0 rings (SSSR count). The number of unbranched alkanes of at least 4 members (excludes halogenated alkanes) is 12. The normalized spacial score (nSPS) is 10.7. The van der Waals surface area contributed by atoms with Gasteiger partial charge in [-0.25, -0.2) is 4.79 Å². The number of hydrogen-bond acceptors (Lipinski definition) is 2. The van der Waals surface area contributed by atoms with Crippen LogP contribution in [0.15, 0.2) is 0 Å². The molecule has 0 aliphatic carbocycles. The van der Waals surface area contributed by atoms with Crippen LogP contribution in [0.1, 0.15) is 104 Å². The molecule has 0 aliphatic heterocycles. The minimum Gasteiger partial charge on any atom is -0.337 e.